The molecule has 74 valence electrons. The fourth-order valence-corrected chi connectivity index (χ4v) is 2.23. The standard InChI is InChI=1S/C11H10ClFO/c12-10-6-7(13)4-5-8(10)9-2-1-3-11(9)14/h4-6,9H,1-3H2. The molecule has 0 amide bonds. The SMILES string of the molecule is O=C1CCCC1c1ccc(F)cc1Cl. The van der Waals surface area contributed by atoms with Gasteiger partial charge in [0, 0.05) is 17.4 Å². The second-order valence-electron chi connectivity index (χ2n) is 3.58. The second-order valence-corrected chi connectivity index (χ2v) is 3.98. The zero-order chi connectivity index (χ0) is 10.1. The van der Waals surface area contributed by atoms with E-state index in [1.165, 1.54) is 12.1 Å². The molecule has 1 saturated carbocycles. The number of carbonyl (C=O) groups is 1. The molecule has 1 unspecified atom stereocenters. The summed E-state index contributed by atoms with van der Waals surface area (Å²) >= 11 is 5.88. The summed E-state index contributed by atoms with van der Waals surface area (Å²) in [6, 6.07) is 4.24. The summed E-state index contributed by atoms with van der Waals surface area (Å²) in [6.45, 7) is 0. The Labute approximate surface area is 86.9 Å². The first kappa shape index (κ1) is 9.66. The minimum atomic E-state index is -0.357. The van der Waals surface area contributed by atoms with Gasteiger partial charge >= 0.3 is 0 Å². The number of halogens is 2. The number of carbonyl (C=O) groups excluding carboxylic acids is 1. The average molecular weight is 213 g/mol. The largest absolute Gasteiger partial charge is 0.299 e. The van der Waals surface area contributed by atoms with Crippen molar-refractivity contribution in [1.29, 1.82) is 0 Å². The molecule has 3 heteroatoms. The van der Waals surface area contributed by atoms with Gasteiger partial charge in [-0.1, -0.05) is 17.7 Å². The second kappa shape index (κ2) is 3.70. The van der Waals surface area contributed by atoms with Crippen molar-refractivity contribution in [2.24, 2.45) is 0 Å². The summed E-state index contributed by atoms with van der Waals surface area (Å²) in [5.41, 5.74) is 0.774. The third kappa shape index (κ3) is 1.67. The lowest BCUT2D eigenvalue weighted by Gasteiger charge is -2.09. The lowest BCUT2D eigenvalue weighted by Crippen LogP contribution is -2.04. The van der Waals surface area contributed by atoms with E-state index < -0.39 is 0 Å². The monoisotopic (exact) mass is 212 g/mol. The molecule has 0 aromatic heterocycles. The van der Waals surface area contributed by atoms with Gasteiger partial charge in [-0.25, -0.2) is 4.39 Å². The molecule has 0 aliphatic heterocycles. The van der Waals surface area contributed by atoms with Gasteiger partial charge in [0.15, 0.2) is 0 Å². The molecule has 1 fully saturated rings. The van der Waals surface area contributed by atoms with Crippen LogP contribution in [-0.4, -0.2) is 5.78 Å². The summed E-state index contributed by atoms with van der Waals surface area (Å²) in [7, 11) is 0. The topological polar surface area (TPSA) is 17.1 Å². The highest BCUT2D eigenvalue weighted by molar-refractivity contribution is 6.31. The predicted molar refractivity (Wildman–Crippen MR) is 53.0 cm³/mol. The molecule has 1 aliphatic rings. The Morgan fingerprint density at radius 1 is 1.43 bits per heavy atom. The first-order valence-electron chi connectivity index (χ1n) is 4.66. The van der Waals surface area contributed by atoms with Crippen molar-refractivity contribution in [3.05, 3.63) is 34.6 Å². The van der Waals surface area contributed by atoms with Crippen molar-refractivity contribution in [1.82, 2.24) is 0 Å². The van der Waals surface area contributed by atoms with Crippen LogP contribution in [0.15, 0.2) is 18.2 Å². The maximum atomic E-state index is 12.8. The number of ketones is 1. The van der Waals surface area contributed by atoms with Gasteiger partial charge in [0.25, 0.3) is 0 Å². The van der Waals surface area contributed by atoms with Crippen LogP contribution in [0.25, 0.3) is 0 Å². The van der Waals surface area contributed by atoms with Crippen molar-refractivity contribution in [2.75, 3.05) is 0 Å². The molecule has 0 heterocycles. The molecule has 1 aromatic carbocycles. The van der Waals surface area contributed by atoms with Crippen LogP contribution in [0.2, 0.25) is 5.02 Å². The Bertz CT molecular complexity index is 376. The fourth-order valence-electron chi connectivity index (χ4n) is 1.93. The molecule has 1 aliphatic carbocycles. The highest BCUT2D eigenvalue weighted by Crippen LogP contribution is 2.35. The van der Waals surface area contributed by atoms with Crippen molar-refractivity contribution in [2.45, 2.75) is 25.2 Å². The third-order valence-electron chi connectivity index (χ3n) is 2.64. The van der Waals surface area contributed by atoms with Gasteiger partial charge in [0.1, 0.15) is 11.6 Å². The molecule has 1 atom stereocenters. The Hall–Kier alpha value is -0.890. The van der Waals surface area contributed by atoms with Gasteiger partial charge in [-0.2, -0.15) is 0 Å². The molecule has 2 rings (SSSR count). The predicted octanol–water partition coefficient (Wildman–Crippen LogP) is 3.32. The molecule has 0 spiro atoms. The molecule has 14 heavy (non-hydrogen) atoms. The van der Waals surface area contributed by atoms with Crippen molar-refractivity contribution in [3.63, 3.8) is 0 Å². The molecular weight excluding hydrogens is 203 g/mol. The van der Waals surface area contributed by atoms with E-state index in [1.54, 1.807) is 6.07 Å². The molecular formula is C11H10ClFO. The van der Waals surface area contributed by atoms with E-state index in [-0.39, 0.29) is 17.5 Å². The van der Waals surface area contributed by atoms with Crippen LogP contribution in [0, 0.1) is 5.82 Å². The summed E-state index contributed by atoms with van der Waals surface area (Å²) < 4.78 is 12.8. The van der Waals surface area contributed by atoms with E-state index in [0.717, 1.165) is 18.4 Å². The van der Waals surface area contributed by atoms with Gasteiger partial charge in [-0.15, -0.1) is 0 Å². The average Bonchev–Trinajstić information content (AvgIpc) is 2.52. The number of hydrogen-bond donors (Lipinski definition) is 0. The Morgan fingerprint density at radius 2 is 2.21 bits per heavy atom. The van der Waals surface area contributed by atoms with Gasteiger partial charge in [-0.3, -0.25) is 4.79 Å². The van der Waals surface area contributed by atoms with Crippen LogP contribution >= 0.6 is 11.6 Å². The van der Waals surface area contributed by atoms with Gasteiger partial charge in [-0.05, 0) is 30.5 Å². The summed E-state index contributed by atoms with van der Waals surface area (Å²) in [5, 5.41) is 0.366. The Morgan fingerprint density at radius 3 is 2.79 bits per heavy atom. The Balaban J connectivity index is 2.36. The smallest absolute Gasteiger partial charge is 0.140 e. The van der Waals surface area contributed by atoms with E-state index in [4.69, 9.17) is 11.6 Å². The first-order valence-corrected chi connectivity index (χ1v) is 5.04. The van der Waals surface area contributed by atoms with Crippen LogP contribution in [0.5, 0.6) is 0 Å². The van der Waals surface area contributed by atoms with E-state index in [2.05, 4.69) is 0 Å². The van der Waals surface area contributed by atoms with Crippen LogP contribution in [0.1, 0.15) is 30.7 Å². The van der Waals surface area contributed by atoms with Gasteiger partial charge < -0.3 is 0 Å². The van der Waals surface area contributed by atoms with Crippen LogP contribution < -0.4 is 0 Å². The third-order valence-corrected chi connectivity index (χ3v) is 2.97. The van der Waals surface area contributed by atoms with Crippen LogP contribution in [0.3, 0.4) is 0 Å². The zero-order valence-corrected chi connectivity index (χ0v) is 8.35. The molecule has 0 N–H and O–H groups in total. The summed E-state index contributed by atoms with van der Waals surface area (Å²) in [4.78, 5) is 11.5. The number of Topliss-reactive ketones (excluding diaryl/α,β-unsaturated/α-hetero) is 1. The van der Waals surface area contributed by atoms with Crippen LogP contribution in [-0.2, 0) is 4.79 Å². The summed E-state index contributed by atoms with van der Waals surface area (Å²) in [6.07, 6.45) is 2.37. The molecule has 1 nitrogen and oxygen atoms in total. The van der Waals surface area contributed by atoms with E-state index >= 15 is 0 Å². The molecule has 1 aromatic rings. The quantitative estimate of drug-likeness (QED) is 0.698. The Kier molecular flexibility index (Phi) is 2.55. The van der Waals surface area contributed by atoms with Crippen LogP contribution in [0.4, 0.5) is 4.39 Å². The van der Waals surface area contributed by atoms with Crippen molar-refractivity contribution in [3.8, 4) is 0 Å². The first-order chi connectivity index (χ1) is 6.68. The zero-order valence-electron chi connectivity index (χ0n) is 7.59. The van der Waals surface area contributed by atoms with E-state index in [1.807, 2.05) is 0 Å². The normalized spacial score (nSPS) is 21.6. The number of benzene rings is 1. The van der Waals surface area contributed by atoms with E-state index in [9.17, 15) is 9.18 Å². The molecule has 0 saturated heterocycles. The summed E-state index contributed by atoms with van der Waals surface area (Å²) in [5.74, 6) is -0.245. The van der Waals surface area contributed by atoms with E-state index in [0.29, 0.717) is 11.4 Å². The van der Waals surface area contributed by atoms with Gasteiger partial charge in [0.05, 0.1) is 0 Å². The molecule has 0 radical (unpaired) electrons. The number of hydrogen-bond acceptors (Lipinski definition) is 1. The lowest BCUT2D eigenvalue weighted by molar-refractivity contribution is -0.118. The highest BCUT2D eigenvalue weighted by Gasteiger charge is 2.27. The minimum absolute atomic E-state index is 0.108. The lowest BCUT2D eigenvalue weighted by atomic mass is 9.97. The van der Waals surface area contributed by atoms with Gasteiger partial charge in [0.2, 0.25) is 0 Å². The maximum absolute atomic E-state index is 12.8. The molecule has 0 bridgehead atoms. The minimum Gasteiger partial charge on any atom is -0.299 e. The fraction of sp³-hybridized carbons (Fsp3) is 0.364. The number of rotatable bonds is 1. The van der Waals surface area contributed by atoms with Crippen molar-refractivity contribution >= 4 is 17.4 Å². The maximum Gasteiger partial charge on any atom is 0.140 e. The van der Waals surface area contributed by atoms with Crippen molar-refractivity contribution < 1.29 is 9.18 Å². The highest BCUT2D eigenvalue weighted by atomic mass is 35.5.